The Balaban J connectivity index is 1.52. The van der Waals surface area contributed by atoms with E-state index in [4.69, 9.17) is 28.2 Å². The van der Waals surface area contributed by atoms with Gasteiger partial charge in [0.1, 0.15) is 11.6 Å². The maximum absolute atomic E-state index is 6.26. The number of fused-ring (bicyclic) bond motifs is 1. The molecule has 1 saturated heterocycles. The number of hydrogen-bond donors (Lipinski definition) is 2. The van der Waals surface area contributed by atoms with E-state index in [1.165, 1.54) is 0 Å². The van der Waals surface area contributed by atoms with Gasteiger partial charge in [-0.1, -0.05) is 29.3 Å². The number of benzene rings is 1. The highest BCUT2D eigenvalue weighted by Gasteiger charge is 2.15. The van der Waals surface area contributed by atoms with Crippen LogP contribution >= 0.6 is 23.2 Å². The van der Waals surface area contributed by atoms with Gasteiger partial charge in [0.15, 0.2) is 5.65 Å². The van der Waals surface area contributed by atoms with Crippen molar-refractivity contribution in [3.63, 3.8) is 0 Å². The van der Waals surface area contributed by atoms with Gasteiger partial charge in [-0.05, 0) is 24.1 Å². The molecule has 1 aromatic carbocycles. The van der Waals surface area contributed by atoms with Gasteiger partial charge in [-0.25, -0.2) is 4.98 Å². The third-order valence-corrected chi connectivity index (χ3v) is 5.09. The smallest absolute Gasteiger partial charge is 0.159 e. The lowest BCUT2D eigenvalue weighted by Gasteiger charge is -2.28. The van der Waals surface area contributed by atoms with E-state index in [1.54, 1.807) is 12.3 Å². The number of hydrogen-bond acceptors (Lipinski definition) is 5. The molecule has 3 aromatic rings. The lowest BCUT2D eigenvalue weighted by atomic mass is 10.1. The second kappa shape index (κ2) is 7.70. The summed E-state index contributed by atoms with van der Waals surface area (Å²) in [7, 11) is 0. The van der Waals surface area contributed by atoms with Crippen LogP contribution < -0.4 is 15.5 Å². The first-order valence-corrected chi connectivity index (χ1v) is 9.44. The van der Waals surface area contributed by atoms with Crippen LogP contribution in [-0.2, 0) is 6.42 Å². The van der Waals surface area contributed by atoms with Gasteiger partial charge in [0, 0.05) is 54.9 Å². The van der Waals surface area contributed by atoms with Gasteiger partial charge in [-0.2, -0.15) is 9.61 Å². The quantitative estimate of drug-likeness (QED) is 0.700. The average Bonchev–Trinajstić information content (AvgIpc) is 3.13. The second-order valence-corrected chi connectivity index (χ2v) is 7.09. The summed E-state index contributed by atoms with van der Waals surface area (Å²) in [6.07, 6.45) is 2.56. The van der Waals surface area contributed by atoms with Crippen molar-refractivity contribution < 1.29 is 0 Å². The first-order valence-electron chi connectivity index (χ1n) is 8.69. The molecule has 0 bridgehead atoms. The minimum Gasteiger partial charge on any atom is -0.370 e. The number of anilines is 2. The summed E-state index contributed by atoms with van der Waals surface area (Å²) < 4.78 is 1.83. The number of rotatable bonds is 5. The number of halogens is 2. The molecule has 2 N–H and O–H groups in total. The van der Waals surface area contributed by atoms with Crippen molar-refractivity contribution in [2.75, 3.05) is 42.9 Å². The van der Waals surface area contributed by atoms with E-state index in [9.17, 15) is 0 Å². The summed E-state index contributed by atoms with van der Waals surface area (Å²) in [6.45, 7) is 4.60. The maximum Gasteiger partial charge on any atom is 0.159 e. The Bertz CT molecular complexity index is 904. The molecular weight excluding hydrogens is 371 g/mol. The topological polar surface area (TPSA) is 57.5 Å². The van der Waals surface area contributed by atoms with Crippen LogP contribution in [-0.4, -0.2) is 47.3 Å². The van der Waals surface area contributed by atoms with Gasteiger partial charge in [-0.3, -0.25) is 0 Å². The molecule has 0 saturated carbocycles. The Morgan fingerprint density at radius 1 is 1.12 bits per heavy atom. The summed E-state index contributed by atoms with van der Waals surface area (Å²) >= 11 is 12.2. The maximum atomic E-state index is 6.26. The fourth-order valence-electron chi connectivity index (χ4n) is 3.13. The van der Waals surface area contributed by atoms with Crippen LogP contribution in [0.3, 0.4) is 0 Å². The van der Waals surface area contributed by atoms with Crippen molar-refractivity contribution >= 4 is 40.5 Å². The summed E-state index contributed by atoms with van der Waals surface area (Å²) in [5.74, 6) is 1.91. The van der Waals surface area contributed by atoms with Gasteiger partial charge >= 0.3 is 0 Å². The largest absolute Gasteiger partial charge is 0.370 e. The molecule has 1 aliphatic rings. The van der Waals surface area contributed by atoms with Crippen LogP contribution in [0.25, 0.3) is 5.65 Å². The Morgan fingerprint density at radius 2 is 1.96 bits per heavy atom. The summed E-state index contributed by atoms with van der Waals surface area (Å²) in [5.41, 5.74) is 1.91. The zero-order valence-electron chi connectivity index (χ0n) is 14.3. The van der Waals surface area contributed by atoms with Crippen molar-refractivity contribution in [2.45, 2.75) is 6.42 Å². The molecule has 1 fully saturated rings. The molecule has 136 valence electrons. The monoisotopic (exact) mass is 390 g/mol. The van der Waals surface area contributed by atoms with Crippen molar-refractivity contribution in [2.24, 2.45) is 0 Å². The van der Waals surface area contributed by atoms with Gasteiger partial charge in [-0.15, -0.1) is 0 Å². The highest BCUT2D eigenvalue weighted by molar-refractivity contribution is 6.35. The summed E-state index contributed by atoms with van der Waals surface area (Å²) in [4.78, 5) is 7.03. The Hall–Kier alpha value is -2.02. The standard InChI is InChI=1S/C18H20Cl2N6/c19-14-2-1-13(15(20)11-14)3-5-22-17-12-18(25-9-7-21-8-10-25)24-16-4-6-23-26(16)17/h1-2,4,6,11-12,21-22H,3,5,7-10H2. The Morgan fingerprint density at radius 3 is 2.77 bits per heavy atom. The number of aromatic nitrogens is 3. The van der Waals surface area contributed by atoms with E-state index in [-0.39, 0.29) is 0 Å². The van der Waals surface area contributed by atoms with Gasteiger partial charge in [0.25, 0.3) is 0 Å². The zero-order chi connectivity index (χ0) is 17.9. The molecule has 2 aromatic heterocycles. The van der Waals surface area contributed by atoms with Crippen LogP contribution in [0.15, 0.2) is 36.5 Å². The summed E-state index contributed by atoms with van der Waals surface area (Å²) in [6, 6.07) is 9.60. The molecule has 0 amide bonds. The normalized spacial score (nSPS) is 14.8. The Kier molecular flexibility index (Phi) is 5.15. The van der Waals surface area contributed by atoms with Gasteiger partial charge in [0.2, 0.25) is 0 Å². The fourth-order valence-corrected chi connectivity index (χ4v) is 3.63. The van der Waals surface area contributed by atoms with E-state index >= 15 is 0 Å². The highest BCUT2D eigenvalue weighted by atomic mass is 35.5. The van der Waals surface area contributed by atoms with Gasteiger partial charge in [0.05, 0.1) is 6.20 Å². The molecule has 0 atom stereocenters. The first-order chi connectivity index (χ1) is 12.7. The number of piperazine rings is 1. The van der Waals surface area contributed by atoms with Crippen LogP contribution in [0.2, 0.25) is 10.0 Å². The third-order valence-electron chi connectivity index (χ3n) is 4.50. The van der Waals surface area contributed by atoms with Crippen molar-refractivity contribution in [3.8, 4) is 0 Å². The van der Waals surface area contributed by atoms with E-state index < -0.39 is 0 Å². The molecule has 26 heavy (non-hydrogen) atoms. The van der Waals surface area contributed by atoms with Crippen LogP contribution in [0.5, 0.6) is 0 Å². The van der Waals surface area contributed by atoms with Crippen molar-refractivity contribution in [1.82, 2.24) is 19.9 Å². The molecule has 6 nitrogen and oxygen atoms in total. The molecule has 0 unspecified atom stereocenters. The first kappa shape index (κ1) is 17.4. The zero-order valence-corrected chi connectivity index (χ0v) is 15.8. The van der Waals surface area contributed by atoms with Crippen molar-refractivity contribution in [1.29, 1.82) is 0 Å². The SMILES string of the molecule is Clc1ccc(CCNc2cc(N3CCNCC3)nc3ccnn23)c(Cl)c1. The van der Waals surface area contributed by atoms with Crippen molar-refractivity contribution in [3.05, 3.63) is 52.1 Å². The fraction of sp³-hybridized carbons (Fsp3) is 0.333. The summed E-state index contributed by atoms with van der Waals surface area (Å²) in [5, 5.41) is 12.6. The predicted octanol–water partition coefficient (Wildman–Crippen LogP) is 3.10. The number of nitrogens with one attached hydrogen (secondary N) is 2. The minimum atomic E-state index is 0.653. The molecule has 0 radical (unpaired) electrons. The molecule has 0 aliphatic carbocycles. The average molecular weight is 391 g/mol. The van der Waals surface area contributed by atoms with E-state index in [0.717, 1.165) is 62.0 Å². The molecular formula is C18H20Cl2N6. The van der Waals surface area contributed by atoms with Crippen LogP contribution in [0.4, 0.5) is 11.6 Å². The number of nitrogens with zero attached hydrogens (tertiary/aromatic N) is 4. The highest BCUT2D eigenvalue weighted by Crippen LogP contribution is 2.22. The molecule has 0 spiro atoms. The molecule has 3 heterocycles. The molecule has 4 rings (SSSR count). The second-order valence-electron chi connectivity index (χ2n) is 6.25. The molecule has 8 heteroatoms. The van der Waals surface area contributed by atoms with E-state index in [2.05, 4.69) is 26.7 Å². The van der Waals surface area contributed by atoms with Gasteiger partial charge < -0.3 is 15.5 Å². The van der Waals surface area contributed by atoms with E-state index in [1.807, 2.05) is 22.7 Å². The van der Waals surface area contributed by atoms with E-state index in [0.29, 0.717) is 10.0 Å². The minimum absolute atomic E-state index is 0.653. The van der Waals surface area contributed by atoms with Crippen LogP contribution in [0.1, 0.15) is 5.56 Å². The lowest BCUT2D eigenvalue weighted by Crippen LogP contribution is -2.44. The lowest BCUT2D eigenvalue weighted by molar-refractivity contribution is 0.585. The van der Waals surface area contributed by atoms with Crippen LogP contribution in [0, 0.1) is 0 Å². The predicted molar refractivity (Wildman–Crippen MR) is 107 cm³/mol. The third kappa shape index (κ3) is 3.72. The Labute approximate surface area is 162 Å². The molecule has 1 aliphatic heterocycles.